The van der Waals surface area contributed by atoms with Gasteiger partial charge in [0.05, 0.1) is 5.69 Å². The van der Waals surface area contributed by atoms with E-state index in [1.807, 2.05) is 23.8 Å². The maximum atomic E-state index is 12.1. The number of thiazole rings is 1. The Bertz CT molecular complexity index is 685. The number of thiophene rings is 1. The van der Waals surface area contributed by atoms with Gasteiger partial charge in [-0.25, -0.2) is 9.97 Å². The number of carbonyl (C=O) groups excluding carboxylic acids is 1. The van der Waals surface area contributed by atoms with Gasteiger partial charge in [-0.1, -0.05) is 0 Å². The van der Waals surface area contributed by atoms with Crippen LogP contribution in [0.2, 0.25) is 0 Å². The molecule has 0 aliphatic heterocycles. The van der Waals surface area contributed by atoms with Crippen LogP contribution in [0.3, 0.4) is 0 Å². The smallest absolute Gasteiger partial charge is 0.269 e. The Labute approximate surface area is 117 Å². The molecule has 0 radical (unpaired) electrons. The Morgan fingerprint density at radius 1 is 1.47 bits per heavy atom. The molecule has 3 rings (SSSR count). The number of hydrogen-bond acceptors (Lipinski definition) is 5. The topological polar surface area (TPSA) is 70.7 Å². The molecule has 0 atom stereocenters. The summed E-state index contributed by atoms with van der Waals surface area (Å²) in [6, 6.07) is 2.00. The second kappa shape index (κ2) is 4.94. The molecule has 96 valence electrons. The number of nitrogens with one attached hydrogen (secondary N) is 2. The summed E-state index contributed by atoms with van der Waals surface area (Å²) in [5.41, 5.74) is 1.78. The van der Waals surface area contributed by atoms with E-state index in [1.54, 1.807) is 23.7 Å². The number of nitrogens with zero attached hydrogens (tertiary/aromatic N) is 2. The van der Waals surface area contributed by atoms with E-state index >= 15 is 0 Å². The molecule has 2 N–H and O–H groups in total. The predicted octanol–water partition coefficient (Wildman–Crippen LogP) is 3.16. The lowest BCUT2D eigenvalue weighted by molar-refractivity contribution is 0.102. The van der Waals surface area contributed by atoms with E-state index in [-0.39, 0.29) is 5.91 Å². The van der Waals surface area contributed by atoms with Crippen molar-refractivity contribution in [3.63, 3.8) is 0 Å². The third-order valence-corrected chi connectivity index (χ3v) is 4.39. The number of aromatic nitrogens is 3. The summed E-state index contributed by atoms with van der Waals surface area (Å²) in [5, 5.41) is 7.58. The molecule has 0 aromatic carbocycles. The first-order chi connectivity index (χ1) is 9.24. The fraction of sp³-hybridized carbons (Fsp3) is 0.0833. The molecule has 0 bridgehead atoms. The molecule has 0 aliphatic carbocycles. The maximum absolute atomic E-state index is 12.1. The van der Waals surface area contributed by atoms with Crippen molar-refractivity contribution in [1.29, 1.82) is 0 Å². The van der Waals surface area contributed by atoms with Crippen LogP contribution in [0.1, 0.15) is 15.4 Å². The second-order valence-electron chi connectivity index (χ2n) is 3.84. The van der Waals surface area contributed by atoms with E-state index in [1.165, 1.54) is 11.3 Å². The standard InChI is InChI=1S/C12H10N4OS2/c1-7-9(10(17)16-12-13-3-4-14-12)19-11(15-7)8-2-5-18-6-8/h2-6H,1H3,(H2,13,14,16,17). The van der Waals surface area contributed by atoms with Crippen LogP contribution in [0.15, 0.2) is 29.2 Å². The molecule has 7 heteroatoms. The number of amides is 1. The molecular weight excluding hydrogens is 280 g/mol. The van der Waals surface area contributed by atoms with Gasteiger partial charge in [-0.15, -0.1) is 11.3 Å². The van der Waals surface area contributed by atoms with Gasteiger partial charge in [0.15, 0.2) is 0 Å². The number of imidazole rings is 1. The van der Waals surface area contributed by atoms with Gasteiger partial charge in [0.1, 0.15) is 9.88 Å². The maximum Gasteiger partial charge on any atom is 0.269 e. The van der Waals surface area contributed by atoms with Gasteiger partial charge < -0.3 is 4.98 Å². The molecule has 0 unspecified atom stereocenters. The molecule has 3 heterocycles. The van der Waals surface area contributed by atoms with Crippen LogP contribution >= 0.6 is 22.7 Å². The zero-order chi connectivity index (χ0) is 13.2. The zero-order valence-electron chi connectivity index (χ0n) is 10.0. The normalized spacial score (nSPS) is 10.6. The lowest BCUT2D eigenvalue weighted by atomic mass is 10.3. The van der Waals surface area contributed by atoms with Gasteiger partial charge >= 0.3 is 0 Å². The zero-order valence-corrected chi connectivity index (χ0v) is 11.6. The summed E-state index contributed by atoms with van der Waals surface area (Å²) in [7, 11) is 0. The molecular formula is C12H10N4OS2. The van der Waals surface area contributed by atoms with Gasteiger partial charge in [0.2, 0.25) is 5.95 Å². The fourth-order valence-corrected chi connectivity index (χ4v) is 3.29. The van der Waals surface area contributed by atoms with Crippen molar-refractivity contribution in [1.82, 2.24) is 15.0 Å². The van der Waals surface area contributed by atoms with Gasteiger partial charge in [-0.2, -0.15) is 11.3 Å². The molecule has 3 aromatic heterocycles. The van der Waals surface area contributed by atoms with Crippen LogP contribution in [0.4, 0.5) is 5.95 Å². The summed E-state index contributed by atoms with van der Waals surface area (Å²) in [6.45, 7) is 1.84. The predicted molar refractivity (Wildman–Crippen MR) is 76.7 cm³/mol. The number of aryl methyl sites for hydroxylation is 1. The van der Waals surface area contributed by atoms with Crippen LogP contribution in [0, 0.1) is 6.92 Å². The third-order valence-electron chi connectivity index (χ3n) is 2.50. The van der Waals surface area contributed by atoms with Crippen LogP contribution in [-0.4, -0.2) is 20.9 Å². The van der Waals surface area contributed by atoms with E-state index in [0.29, 0.717) is 10.8 Å². The van der Waals surface area contributed by atoms with Gasteiger partial charge in [0.25, 0.3) is 5.91 Å². The number of carbonyl (C=O) groups is 1. The number of hydrogen-bond donors (Lipinski definition) is 2. The highest BCUT2D eigenvalue weighted by molar-refractivity contribution is 7.17. The highest BCUT2D eigenvalue weighted by Crippen LogP contribution is 2.29. The minimum atomic E-state index is -0.188. The summed E-state index contributed by atoms with van der Waals surface area (Å²) in [6.07, 6.45) is 3.25. The van der Waals surface area contributed by atoms with Crippen molar-refractivity contribution in [2.75, 3.05) is 5.32 Å². The average Bonchev–Trinajstić information content (AvgIpc) is 3.07. The van der Waals surface area contributed by atoms with E-state index in [9.17, 15) is 4.79 Å². The summed E-state index contributed by atoms with van der Waals surface area (Å²) in [5.74, 6) is 0.251. The quantitative estimate of drug-likeness (QED) is 0.778. The lowest BCUT2D eigenvalue weighted by Gasteiger charge is -1.98. The SMILES string of the molecule is Cc1nc(-c2ccsc2)sc1C(=O)Nc1ncc[nH]1. The highest BCUT2D eigenvalue weighted by Gasteiger charge is 2.17. The summed E-state index contributed by atoms with van der Waals surface area (Å²) >= 11 is 3.00. The molecule has 19 heavy (non-hydrogen) atoms. The number of anilines is 1. The van der Waals surface area contributed by atoms with Crippen LogP contribution in [0.25, 0.3) is 10.6 Å². The molecule has 0 spiro atoms. The average molecular weight is 290 g/mol. The second-order valence-corrected chi connectivity index (χ2v) is 5.62. The molecule has 0 saturated carbocycles. The van der Waals surface area contributed by atoms with Gasteiger partial charge in [-0.05, 0) is 18.4 Å². The molecule has 0 aliphatic rings. The largest absolute Gasteiger partial charge is 0.331 e. The summed E-state index contributed by atoms with van der Waals surface area (Å²) < 4.78 is 0. The van der Waals surface area contributed by atoms with E-state index < -0.39 is 0 Å². The van der Waals surface area contributed by atoms with Crippen LogP contribution < -0.4 is 5.32 Å². The Hall–Kier alpha value is -1.99. The first-order valence-corrected chi connectivity index (χ1v) is 7.30. The third kappa shape index (κ3) is 2.42. The Morgan fingerprint density at radius 2 is 2.37 bits per heavy atom. The van der Waals surface area contributed by atoms with Crippen molar-refractivity contribution in [3.8, 4) is 10.6 Å². The molecule has 0 saturated heterocycles. The fourth-order valence-electron chi connectivity index (χ4n) is 1.61. The highest BCUT2D eigenvalue weighted by atomic mass is 32.1. The van der Waals surface area contributed by atoms with Gasteiger partial charge in [-0.3, -0.25) is 10.1 Å². The van der Waals surface area contributed by atoms with E-state index in [4.69, 9.17) is 0 Å². The van der Waals surface area contributed by atoms with Crippen molar-refractivity contribution < 1.29 is 4.79 Å². The van der Waals surface area contributed by atoms with Crippen LogP contribution in [-0.2, 0) is 0 Å². The number of aromatic amines is 1. The Balaban J connectivity index is 1.87. The van der Waals surface area contributed by atoms with E-state index in [2.05, 4.69) is 20.3 Å². The lowest BCUT2D eigenvalue weighted by Crippen LogP contribution is -2.12. The first-order valence-electron chi connectivity index (χ1n) is 5.55. The number of rotatable bonds is 3. The monoisotopic (exact) mass is 290 g/mol. The minimum Gasteiger partial charge on any atom is -0.331 e. The Kier molecular flexibility index (Phi) is 3.14. The van der Waals surface area contributed by atoms with Crippen molar-refractivity contribution >= 4 is 34.5 Å². The number of H-pyrrole nitrogens is 1. The van der Waals surface area contributed by atoms with Crippen molar-refractivity contribution in [2.24, 2.45) is 0 Å². The van der Waals surface area contributed by atoms with E-state index in [0.717, 1.165) is 16.3 Å². The molecule has 1 amide bonds. The van der Waals surface area contributed by atoms with Gasteiger partial charge in [0, 0.05) is 23.3 Å². The van der Waals surface area contributed by atoms with Crippen molar-refractivity contribution in [3.05, 3.63) is 39.8 Å². The minimum absolute atomic E-state index is 0.188. The molecule has 3 aromatic rings. The Morgan fingerprint density at radius 3 is 3.05 bits per heavy atom. The van der Waals surface area contributed by atoms with Crippen molar-refractivity contribution in [2.45, 2.75) is 6.92 Å². The summed E-state index contributed by atoms with van der Waals surface area (Å²) in [4.78, 5) is 24.0. The first kappa shape index (κ1) is 12.1. The molecule has 5 nitrogen and oxygen atoms in total. The van der Waals surface area contributed by atoms with Crippen LogP contribution in [0.5, 0.6) is 0 Å². The molecule has 0 fully saturated rings.